The zero-order valence-corrected chi connectivity index (χ0v) is 13.0. The molecular weight excluding hydrogens is 290 g/mol. The Kier molecular flexibility index (Phi) is 3.78. The zero-order chi connectivity index (χ0) is 15.8. The number of rotatable bonds is 2. The minimum atomic E-state index is -3.91. The molecule has 1 heterocycles. The van der Waals surface area contributed by atoms with E-state index in [0.29, 0.717) is 6.54 Å². The number of carbonyl (C=O) groups excluding carboxylic acids is 1. The summed E-state index contributed by atoms with van der Waals surface area (Å²) in [6, 6.07) is 7.92. The summed E-state index contributed by atoms with van der Waals surface area (Å²) in [7, 11) is -2.26. The molecule has 0 aromatic heterocycles. The van der Waals surface area contributed by atoms with E-state index in [0.717, 1.165) is 0 Å². The molecule has 0 radical (unpaired) electrons. The number of nitrogens with zero attached hydrogens (tertiary/aromatic N) is 3. The van der Waals surface area contributed by atoms with E-state index in [1.807, 2.05) is 6.07 Å². The van der Waals surface area contributed by atoms with Crippen LogP contribution in [0.4, 0.5) is 0 Å². The van der Waals surface area contributed by atoms with E-state index < -0.39 is 15.6 Å². The minimum absolute atomic E-state index is 0.0575. The highest BCUT2D eigenvalue weighted by molar-refractivity contribution is 7.89. The Bertz CT molecular complexity index is 719. The standard InChI is InChI=1S/C14H17N3O3S/c1-14(2)13(18)16(3)8-9-17(14)21(19,20)12-7-5-4-6-11(12)10-15/h4-7H,8-9H2,1-3H3. The van der Waals surface area contributed by atoms with Crippen LogP contribution >= 0.6 is 0 Å². The van der Waals surface area contributed by atoms with Gasteiger partial charge in [0.2, 0.25) is 15.9 Å². The summed E-state index contributed by atoms with van der Waals surface area (Å²) in [6.45, 7) is 3.70. The first-order chi connectivity index (χ1) is 9.72. The van der Waals surface area contributed by atoms with Gasteiger partial charge in [-0.2, -0.15) is 9.57 Å². The van der Waals surface area contributed by atoms with Gasteiger partial charge in [0.15, 0.2) is 0 Å². The third-order valence-corrected chi connectivity index (χ3v) is 5.84. The van der Waals surface area contributed by atoms with Gasteiger partial charge in [0.1, 0.15) is 11.6 Å². The molecule has 0 saturated carbocycles. The Hall–Kier alpha value is -1.91. The number of likely N-dealkylation sites (N-methyl/N-ethyl adjacent to an activating group) is 1. The fraction of sp³-hybridized carbons (Fsp3) is 0.429. The highest BCUT2D eigenvalue weighted by Crippen LogP contribution is 2.30. The molecule has 7 heteroatoms. The maximum absolute atomic E-state index is 12.8. The Balaban J connectivity index is 2.55. The van der Waals surface area contributed by atoms with Gasteiger partial charge in [0.05, 0.1) is 10.5 Å². The summed E-state index contributed by atoms with van der Waals surface area (Å²) in [5.41, 5.74) is -1.09. The first-order valence-electron chi connectivity index (χ1n) is 6.50. The molecule has 1 aromatic carbocycles. The molecular formula is C14H17N3O3S. The van der Waals surface area contributed by atoms with E-state index in [9.17, 15) is 13.2 Å². The van der Waals surface area contributed by atoms with Gasteiger partial charge in [-0.3, -0.25) is 4.79 Å². The molecule has 1 amide bonds. The normalized spacial score (nSPS) is 19.3. The van der Waals surface area contributed by atoms with Gasteiger partial charge >= 0.3 is 0 Å². The molecule has 6 nitrogen and oxygen atoms in total. The molecule has 0 atom stereocenters. The third kappa shape index (κ3) is 2.41. The lowest BCUT2D eigenvalue weighted by atomic mass is 10.0. The average molecular weight is 307 g/mol. The molecule has 1 saturated heterocycles. The van der Waals surface area contributed by atoms with Gasteiger partial charge in [0.25, 0.3) is 0 Å². The van der Waals surface area contributed by atoms with Crippen molar-refractivity contribution in [2.45, 2.75) is 24.3 Å². The van der Waals surface area contributed by atoms with Crippen molar-refractivity contribution in [3.8, 4) is 6.07 Å². The smallest absolute Gasteiger partial charge is 0.245 e. The second-order valence-electron chi connectivity index (χ2n) is 5.47. The molecule has 0 spiro atoms. The van der Waals surface area contributed by atoms with E-state index in [2.05, 4.69) is 0 Å². The fourth-order valence-electron chi connectivity index (χ4n) is 2.52. The summed E-state index contributed by atoms with van der Waals surface area (Å²) in [5, 5.41) is 9.10. The van der Waals surface area contributed by atoms with Crippen LogP contribution in [0.1, 0.15) is 19.4 Å². The predicted octanol–water partition coefficient (Wildman–Crippen LogP) is 0.800. The number of carbonyl (C=O) groups is 1. The molecule has 0 N–H and O–H groups in total. The molecule has 0 bridgehead atoms. The summed E-state index contributed by atoms with van der Waals surface area (Å²) in [5.74, 6) is -0.258. The topological polar surface area (TPSA) is 81.5 Å². The monoisotopic (exact) mass is 307 g/mol. The van der Waals surface area contributed by atoms with Crippen molar-refractivity contribution in [1.82, 2.24) is 9.21 Å². The number of hydrogen-bond donors (Lipinski definition) is 0. The van der Waals surface area contributed by atoms with Crippen molar-refractivity contribution in [2.75, 3.05) is 20.1 Å². The van der Waals surface area contributed by atoms with Crippen LogP contribution in [-0.4, -0.2) is 49.2 Å². The maximum Gasteiger partial charge on any atom is 0.245 e. The molecule has 1 aliphatic heterocycles. The van der Waals surface area contributed by atoms with Gasteiger partial charge in [-0.1, -0.05) is 12.1 Å². The van der Waals surface area contributed by atoms with Crippen molar-refractivity contribution in [3.63, 3.8) is 0 Å². The summed E-state index contributed by atoms with van der Waals surface area (Å²) in [4.78, 5) is 13.7. The van der Waals surface area contributed by atoms with Crippen LogP contribution in [0.5, 0.6) is 0 Å². The Morgan fingerprint density at radius 2 is 1.86 bits per heavy atom. The van der Waals surface area contributed by atoms with Crippen LogP contribution in [0.25, 0.3) is 0 Å². The molecule has 1 fully saturated rings. The van der Waals surface area contributed by atoms with Crippen molar-refractivity contribution in [2.24, 2.45) is 0 Å². The molecule has 21 heavy (non-hydrogen) atoms. The van der Waals surface area contributed by atoms with Crippen molar-refractivity contribution >= 4 is 15.9 Å². The second kappa shape index (κ2) is 5.13. The number of amides is 1. The minimum Gasteiger partial charge on any atom is -0.343 e. The van der Waals surface area contributed by atoms with E-state index in [1.54, 1.807) is 33.0 Å². The molecule has 2 rings (SSSR count). The average Bonchev–Trinajstić information content (AvgIpc) is 2.44. The van der Waals surface area contributed by atoms with Crippen molar-refractivity contribution < 1.29 is 13.2 Å². The third-order valence-electron chi connectivity index (χ3n) is 3.71. The number of piperazine rings is 1. The fourth-order valence-corrected chi connectivity index (χ4v) is 4.40. The maximum atomic E-state index is 12.8. The first-order valence-corrected chi connectivity index (χ1v) is 7.94. The van der Waals surface area contributed by atoms with Crippen LogP contribution in [0.15, 0.2) is 29.2 Å². The lowest BCUT2D eigenvalue weighted by molar-refractivity contribution is -0.142. The van der Waals surface area contributed by atoms with Crippen LogP contribution in [0, 0.1) is 11.3 Å². The summed E-state index contributed by atoms with van der Waals surface area (Å²) >= 11 is 0. The zero-order valence-electron chi connectivity index (χ0n) is 12.2. The highest BCUT2D eigenvalue weighted by Gasteiger charge is 2.47. The van der Waals surface area contributed by atoms with Gasteiger partial charge < -0.3 is 4.90 Å². The quantitative estimate of drug-likeness (QED) is 0.809. The molecule has 0 unspecified atom stereocenters. The second-order valence-corrected chi connectivity index (χ2v) is 7.30. The van der Waals surface area contributed by atoms with Crippen molar-refractivity contribution in [1.29, 1.82) is 5.26 Å². The van der Waals surface area contributed by atoms with E-state index in [-0.39, 0.29) is 22.9 Å². The van der Waals surface area contributed by atoms with Gasteiger partial charge in [-0.25, -0.2) is 8.42 Å². The van der Waals surface area contributed by atoms with E-state index in [1.165, 1.54) is 21.3 Å². The Morgan fingerprint density at radius 3 is 2.48 bits per heavy atom. The van der Waals surface area contributed by atoms with Crippen LogP contribution in [0.2, 0.25) is 0 Å². The van der Waals surface area contributed by atoms with Crippen LogP contribution in [-0.2, 0) is 14.8 Å². The number of hydrogen-bond acceptors (Lipinski definition) is 4. The predicted molar refractivity (Wildman–Crippen MR) is 76.8 cm³/mol. The van der Waals surface area contributed by atoms with Gasteiger partial charge in [-0.15, -0.1) is 0 Å². The lowest BCUT2D eigenvalue weighted by Crippen LogP contribution is -2.63. The lowest BCUT2D eigenvalue weighted by Gasteiger charge is -2.43. The van der Waals surface area contributed by atoms with E-state index in [4.69, 9.17) is 5.26 Å². The largest absolute Gasteiger partial charge is 0.343 e. The highest BCUT2D eigenvalue weighted by atomic mass is 32.2. The first kappa shape index (κ1) is 15.5. The summed E-state index contributed by atoms with van der Waals surface area (Å²) in [6.07, 6.45) is 0. The van der Waals surface area contributed by atoms with Gasteiger partial charge in [0, 0.05) is 20.1 Å². The SMILES string of the molecule is CN1CCN(S(=O)(=O)c2ccccc2C#N)C(C)(C)C1=O. The molecule has 0 aliphatic carbocycles. The van der Waals surface area contributed by atoms with Crippen molar-refractivity contribution in [3.05, 3.63) is 29.8 Å². The Labute approximate surface area is 124 Å². The summed E-state index contributed by atoms with van der Waals surface area (Å²) < 4.78 is 26.9. The van der Waals surface area contributed by atoms with Crippen LogP contribution in [0.3, 0.4) is 0 Å². The van der Waals surface area contributed by atoms with E-state index >= 15 is 0 Å². The number of benzene rings is 1. The Morgan fingerprint density at radius 1 is 1.24 bits per heavy atom. The molecule has 1 aliphatic rings. The van der Waals surface area contributed by atoms with Gasteiger partial charge in [-0.05, 0) is 26.0 Å². The molecule has 112 valence electrons. The number of sulfonamides is 1. The van der Waals surface area contributed by atoms with Crippen LogP contribution < -0.4 is 0 Å². The molecule has 1 aromatic rings. The number of nitriles is 1.